The number of rotatable bonds is 7. The summed E-state index contributed by atoms with van der Waals surface area (Å²) in [6.45, 7) is 8.03. The molecule has 0 fully saturated rings. The number of nitrogens with two attached hydrogens (primary N) is 1. The molecule has 0 aromatic carbocycles. The first-order valence-corrected chi connectivity index (χ1v) is 6.18. The molecule has 0 spiro atoms. The molecule has 0 saturated carbocycles. The summed E-state index contributed by atoms with van der Waals surface area (Å²) in [6.07, 6.45) is 0.948. The highest BCUT2D eigenvalue weighted by molar-refractivity contribution is 6.29. The van der Waals surface area contributed by atoms with E-state index in [-0.39, 0.29) is 5.95 Å². The summed E-state index contributed by atoms with van der Waals surface area (Å²) in [4.78, 5) is 10.0. The monoisotopic (exact) mass is 258 g/mol. The van der Waals surface area contributed by atoms with Gasteiger partial charge in [0.2, 0.25) is 11.8 Å². The molecule has 2 N–H and O–H groups in total. The molecule has 0 radical (unpaired) electrons. The summed E-state index contributed by atoms with van der Waals surface area (Å²) in [7, 11) is 0. The van der Waals surface area contributed by atoms with E-state index in [1.54, 1.807) is 6.07 Å². The third kappa shape index (κ3) is 5.19. The zero-order valence-corrected chi connectivity index (χ0v) is 11.1. The molecule has 5 nitrogen and oxygen atoms in total. The van der Waals surface area contributed by atoms with Crippen LogP contribution in [0.4, 0.5) is 5.95 Å². The van der Waals surface area contributed by atoms with Crippen molar-refractivity contribution in [1.29, 1.82) is 0 Å². The lowest BCUT2D eigenvalue weighted by Gasteiger charge is -2.17. The summed E-state index contributed by atoms with van der Waals surface area (Å²) in [6, 6.07) is 1.56. The molecule has 1 heterocycles. The minimum Gasteiger partial charge on any atom is -0.477 e. The van der Waals surface area contributed by atoms with Crippen LogP contribution in [0, 0.1) is 0 Å². The lowest BCUT2D eigenvalue weighted by Crippen LogP contribution is -2.25. The number of anilines is 1. The van der Waals surface area contributed by atoms with Crippen molar-refractivity contribution in [2.24, 2.45) is 0 Å². The van der Waals surface area contributed by atoms with Gasteiger partial charge in [-0.3, -0.25) is 0 Å². The second kappa shape index (κ2) is 7.29. The molecular formula is C11H19ClN4O. The Bertz CT molecular complexity index is 324. The predicted octanol–water partition coefficient (Wildman–Crippen LogP) is 1.82. The lowest BCUT2D eigenvalue weighted by molar-refractivity contribution is 0.244. The molecule has 0 aliphatic carbocycles. The van der Waals surface area contributed by atoms with E-state index in [0.717, 1.165) is 26.1 Å². The van der Waals surface area contributed by atoms with E-state index >= 15 is 0 Å². The summed E-state index contributed by atoms with van der Waals surface area (Å²) in [5.74, 6) is 0.568. The highest BCUT2D eigenvalue weighted by Gasteiger charge is 2.02. The molecule has 6 heteroatoms. The van der Waals surface area contributed by atoms with E-state index in [1.165, 1.54) is 0 Å². The van der Waals surface area contributed by atoms with Gasteiger partial charge in [0.25, 0.3) is 0 Å². The van der Waals surface area contributed by atoms with Crippen LogP contribution in [0.5, 0.6) is 5.88 Å². The van der Waals surface area contributed by atoms with Gasteiger partial charge in [0.05, 0.1) is 6.61 Å². The Kier molecular flexibility index (Phi) is 6.00. The van der Waals surface area contributed by atoms with Crippen LogP contribution in [0.15, 0.2) is 6.07 Å². The molecule has 1 aromatic rings. The van der Waals surface area contributed by atoms with Crippen LogP contribution in [0.25, 0.3) is 0 Å². The maximum atomic E-state index is 5.74. The first-order valence-electron chi connectivity index (χ1n) is 5.81. The molecule has 17 heavy (non-hydrogen) atoms. The normalized spacial score (nSPS) is 10.8. The van der Waals surface area contributed by atoms with Gasteiger partial charge < -0.3 is 15.4 Å². The van der Waals surface area contributed by atoms with Gasteiger partial charge in [0.1, 0.15) is 5.15 Å². The maximum Gasteiger partial charge on any atom is 0.224 e. The number of hydrogen-bond acceptors (Lipinski definition) is 5. The van der Waals surface area contributed by atoms with Crippen molar-refractivity contribution in [3.05, 3.63) is 11.2 Å². The van der Waals surface area contributed by atoms with E-state index in [9.17, 15) is 0 Å². The first kappa shape index (κ1) is 14.0. The Hall–Kier alpha value is -1.07. The first-order chi connectivity index (χ1) is 8.15. The Morgan fingerprint density at radius 2 is 2.06 bits per heavy atom. The number of aromatic nitrogens is 2. The second-order valence-corrected chi connectivity index (χ2v) is 4.00. The fourth-order valence-corrected chi connectivity index (χ4v) is 1.67. The Morgan fingerprint density at radius 1 is 1.35 bits per heavy atom. The quantitative estimate of drug-likeness (QED) is 0.597. The van der Waals surface area contributed by atoms with Gasteiger partial charge in [-0.25, -0.2) is 4.98 Å². The molecule has 0 saturated heterocycles. The van der Waals surface area contributed by atoms with Crippen molar-refractivity contribution in [2.45, 2.75) is 20.3 Å². The fraction of sp³-hybridized carbons (Fsp3) is 0.636. The Labute approximate surface area is 107 Å². The summed E-state index contributed by atoms with van der Waals surface area (Å²) in [5.41, 5.74) is 5.46. The largest absolute Gasteiger partial charge is 0.477 e. The molecule has 0 unspecified atom stereocenters. The van der Waals surface area contributed by atoms with E-state index in [0.29, 0.717) is 17.6 Å². The van der Waals surface area contributed by atoms with Crippen molar-refractivity contribution in [2.75, 3.05) is 32.0 Å². The van der Waals surface area contributed by atoms with Gasteiger partial charge >= 0.3 is 0 Å². The molecule has 0 atom stereocenters. The van der Waals surface area contributed by atoms with Gasteiger partial charge in [-0.1, -0.05) is 25.4 Å². The van der Waals surface area contributed by atoms with Crippen molar-refractivity contribution in [1.82, 2.24) is 14.9 Å². The number of nitrogen functional groups attached to an aromatic ring is 1. The number of nitrogens with zero attached hydrogens (tertiary/aromatic N) is 3. The molecular weight excluding hydrogens is 240 g/mol. The molecule has 1 aromatic heterocycles. The van der Waals surface area contributed by atoms with Crippen molar-refractivity contribution < 1.29 is 4.74 Å². The van der Waals surface area contributed by atoms with Gasteiger partial charge in [0.15, 0.2) is 0 Å². The molecule has 96 valence electrons. The highest BCUT2D eigenvalue weighted by Crippen LogP contribution is 2.14. The van der Waals surface area contributed by atoms with Crippen LogP contribution in [-0.4, -0.2) is 41.1 Å². The summed E-state index contributed by atoms with van der Waals surface area (Å²) in [5, 5.41) is 0.302. The molecule has 0 aliphatic heterocycles. The number of ether oxygens (including phenoxy) is 1. The van der Waals surface area contributed by atoms with E-state index in [1.807, 2.05) is 0 Å². The minimum absolute atomic E-state index is 0.135. The second-order valence-electron chi connectivity index (χ2n) is 3.62. The SMILES string of the molecule is CCN(CC)CCCOc1cc(Cl)nc(N)n1. The van der Waals surface area contributed by atoms with Gasteiger partial charge in [0, 0.05) is 12.6 Å². The smallest absolute Gasteiger partial charge is 0.224 e. The predicted molar refractivity (Wildman–Crippen MR) is 69.4 cm³/mol. The van der Waals surface area contributed by atoms with E-state index < -0.39 is 0 Å². The highest BCUT2D eigenvalue weighted by atomic mass is 35.5. The molecule has 1 rings (SSSR count). The van der Waals surface area contributed by atoms with Crippen LogP contribution in [0.1, 0.15) is 20.3 Å². The lowest BCUT2D eigenvalue weighted by atomic mass is 10.4. The van der Waals surface area contributed by atoms with Crippen molar-refractivity contribution in [3.8, 4) is 5.88 Å². The van der Waals surface area contributed by atoms with Crippen LogP contribution < -0.4 is 10.5 Å². The minimum atomic E-state index is 0.135. The average molecular weight is 259 g/mol. The maximum absolute atomic E-state index is 5.74. The third-order valence-corrected chi connectivity index (χ3v) is 2.65. The molecule has 0 bridgehead atoms. The zero-order chi connectivity index (χ0) is 12.7. The topological polar surface area (TPSA) is 64.3 Å². The molecule has 0 amide bonds. The molecule has 0 aliphatic rings. The number of hydrogen-bond donors (Lipinski definition) is 1. The van der Waals surface area contributed by atoms with E-state index in [4.69, 9.17) is 22.1 Å². The Balaban J connectivity index is 2.31. The van der Waals surface area contributed by atoms with Crippen LogP contribution in [0.2, 0.25) is 5.15 Å². The van der Waals surface area contributed by atoms with E-state index in [2.05, 4.69) is 28.7 Å². The van der Waals surface area contributed by atoms with Gasteiger partial charge in [-0.2, -0.15) is 4.98 Å². The Morgan fingerprint density at radius 3 is 2.65 bits per heavy atom. The summed E-state index contributed by atoms with van der Waals surface area (Å²) >= 11 is 5.74. The average Bonchev–Trinajstić information content (AvgIpc) is 2.28. The van der Waals surface area contributed by atoms with Gasteiger partial charge in [-0.05, 0) is 19.5 Å². The van der Waals surface area contributed by atoms with Crippen molar-refractivity contribution >= 4 is 17.5 Å². The third-order valence-electron chi connectivity index (χ3n) is 2.45. The van der Waals surface area contributed by atoms with Crippen LogP contribution in [-0.2, 0) is 0 Å². The summed E-state index contributed by atoms with van der Waals surface area (Å²) < 4.78 is 5.46. The van der Waals surface area contributed by atoms with Crippen LogP contribution in [0.3, 0.4) is 0 Å². The van der Waals surface area contributed by atoms with Crippen LogP contribution >= 0.6 is 11.6 Å². The standard InChI is InChI=1S/C11H19ClN4O/c1-3-16(4-2)6-5-7-17-10-8-9(12)14-11(13)15-10/h8H,3-7H2,1-2H3,(H2,13,14,15). The zero-order valence-electron chi connectivity index (χ0n) is 10.3. The number of halogens is 1. The van der Waals surface area contributed by atoms with Crippen molar-refractivity contribution in [3.63, 3.8) is 0 Å². The fourth-order valence-electron chi connectivity index (χ4n) is 1.49. The van der Waals surface area contributed by atoms with Gasteiger partial charge in [-0.15, -0.1) is 0 Å².